The van der Waals surface area contributed by atoms with Crippen molar-refractivity contribution in [1.29, 1.82) is 0 Å². The molecule has 2 aromatic rings. The SMILES string of the molecule is CCn1c(SCC(=O)NC(=O)NCCC(C)C)nc2ccc(Br)cc2c1=O. The van der Waals surface area contributed by atoms with Crippen molar-refractivity contribution in [3.05, 3.63) is 33.0 Å². The van der Waals surface area contributed by atoms with E-state index in [1.54, 1.807) is 12.1 Å². The lowest BCUT2D eigenvalue weighted by Crippen LogP contribution is -2.41. The molecule has 0 saturated carbocycles. The highest BCUT2D eigenvalue weighted by Gasteiger charge is 2.14. The molecule has 0 saturated heterocycles. The summed E-state index contributed by atoms with van der Waals surface area (Å²) in [5.41, 5.74) is 0.417. The molecule has 0 aliphatic heterocycles. The Morgan fingerprint density at radius 1 is 1.33 bits per heavy atom. The normalized spacial score (nSPS) is 11.0. The largest absolute Gasteiger partial charge is 0.338 e. The van der Waals surface area contributed by atoms with Crippen LogP contribution in [0, 0.1) is 5.92 Å². The first-order chi connectivity index (χ1) is 12.8. The van der Waals surface area contributed by atoms with Crippen molar-refractivity contribution >= 4 is 50.5 Å². The molecule has 2 rings (SSSR count). The fraction of sp³-hybridized carbons (Fsp3) is 0.444. The predicted octanol–water partition coefficient (Wildman–Crippen LogP) is 3.14. The zero-order valence-electron chi connectivity index (χ0n) is 15.5. The van der Waals surface area contributed by atoms with Gasteiger partial charge in [-0.15, -0.1) is 0 Å². The van der Waals surface area contributed by atoms with Gasteiger partial charge in [-0.25, -0.2) is 9.78 Å². The minimum absolute atomic E-state index is 0.00786. The van der Waals surface area contributed by atoms with Crippen molar-refractivity contribution in [3.8, 4) is 0 Å². The van der Waals surface area contributed by atoms with Gasteiger partial charge in [0.15, 0.2) is 5.16 Å². The molecule has 27 heavy (non-hydrogen) atoms. The van der Waals surface area contributed by atoms with Gasteiger partial charge in [-0.3, -0.25) is 19.5 Å². The number of carbonyl (C=O) groups is 2. The molecular weight excluding hydrogens is 432 g/mol. The Morgan fingerprint density at radius 3 is 2.74 bits per heavy atom. The Hall–Kier alpha value is -1.87. The number of rotatable bonds is 7. The summed E-state index contributed by atoms with van der Waals surface area (Å²) < 4.78 is 2.33. The molecule has 0 aliphatic rings. The van der Waals surface area contributed by atoms with E-state index in [-0.39, 0.29) is 11.3 Å². The molecule has 7 nitrogen and oxygen atoms in total. The molecule has 1 heterocycles. The Kier molecular flexibility index (Phi) is 7.85. The molecule has 146 valence electrons. The van der Waals surface area contributed by atoms with Gasteiger partial charge >= 0.3 is 6.03 Å². The number of halogens is 1. The first-order valence-corrected chi connectivity index (χ1v) is 10.5. The predicted molar refractivity (Wildman–Crippen MR) is 111 cm³/mol. The number of nitrogens with zero attached hydrogens (tertiary/aromatic N) is 2. The highest BCUT2D eigenvalue weighted by molar-refractivity contribution is 9.10. The van der Waals surface area contributed by atoms with Crippen molar-refractivity contribution in [1.82, 2.24) is 20.2 Å². The molecule has 0 atom stereocenters. The topological polar surface area (TPSA) is 93.1 Å². The summed E-state index contributed by atoms with van der Waals surface area (Å²) in [5, 5.41) is 5.91. The Bertz CT molecular complexity index is 898. The molecule has 2 N–H and O–H groups in total. The van der Waals surface area contributed by atoms with Crippen LogP contribution in [-0.4, -0.2) is 33.8 Å². The van der Waals surface area contributed by atoms with Crippen LogP contribution in [0.3, 0.4) is 0 Å². The molecule has 0 fully saturated rings. The summed E-state index contributed by atoms with van der Waals surface area (Å²) in [6.07, 6.45) is 0.844. The van der Waals surface area contributed by atoms with Gasteiger partial charge in [0, 0.05) is 17.6 Å². The highest BCUT2D eigenvalue weighted by Crippen LogP contribution is 2.20. The van der Waals surface area contributed by atoms with Crippen molar-refractivity contribution in [2.45, 2.75) is 38.9 Å². The van der Waals surface area contributed by atoms with Gasteiger partial charge in [0.25, 0.3) is 5.56 Å². The summed E-state index contributed by atoms with van der Waals surface area (Å²) in [4.78, 5) is 40.9. The van der Waals surface area contributed by atoms with Crippen LogP contribution in [0.1, 0.15) is 27.2 Å². The molecule has 1 aromatic carbocycles. The highest BCUT2D eigenvalue weighted by atomic mass is 79.9. The third kappa shape index (κ3) is 6.07. The second-order valence-electron chi connectivity index (χ2n) is 6.38. The van der Waals surface area contributed by atoms with Crippen molar-refractivity contribution in [2.75, 3.05) is 12.3 Å². The molecule has 0 radical (unpaired) electrons. The maximum atomic E-state index is 12.7. The van der Waals surface area contributed by atoms with Crippen LogP contribution in [0.25, 0.3) is 10.9 Å². The monoisotopic (exact) mass is 454 g/mol. The summed E-state index contributed by atoms with van der Waals surface area (Å²) in [6, 6.07) is 4.80. The van der Waals surface area contributed by atoms with E-state index in [0.717, 1.165) is 22.7 Å². The Balaban J connectivity index is 2.03. The standard InChI is InChI=1S/C18H23BrN4O3S/c1-4-23-16(25)13-9-12(19)5-6-14(13)21-18(23)27-10-15(24)22-17(26)20-8-7-11(2)3/h5-6,9,11H,4,7-8,10H2,1-3H3,(H2,20,22,24,26). The van der Waals surface area contributed by atoms with E-state index in [9.17, 15) is 14.4 Å². The maximum Gasteiger partial charge on any atom is 0.321 e. The first kappa shape index (κ1) is 21.4. The summed E-state index contributed by atoms with van der Waals surface area (Å²) >= 11 is 4.49. The quantitative estimate of drug-likeness (QED) is 0.494. The van der Waals surface area contributed by atoms with Crippen LogP contribution in [0.5, 0.6) is 0 Å². The van der Waals surface area contributed by atoms with Crippen LogP contribution < -0.4 is 16.2 Å². The second kappa shape index (κ2) is 9.89. The van der Waals surface area contributed by atoms with E-state index in [2.05, 4.69) is 45.4 Å². The van der Waals surface area contributed by atoms with Gasteiger partial charge in [-0.2, -0.15) is 0 Å². The molecule has 0 spiro atoms. The van der Waals surface area contributed by atoms with Gasteiger partial charge in [0.05, 0.1) is 16.7 Å². The van der Waals surface area contributed by atoms with E-state index in [1.165, 1.54) is 4.57 Å². The van der Waals surface area contributed by atoms with Gasteiger partial charge in [0.2, 0.25) is 5.91 Å². The van der Waals surface area contributed by atoms with E-state index >= 15 is 0 Å². The number of thioether (sulfide) groups is 1. The molecule has 1 aromatic heterocycles. The van der Waals surface area contributed by atoms with E-state index in [0.29, 0.717) is 35.1 Å². The Labute approximate surface area is 170 Å². The van der Waals surface area contributed by atoms with E-state index < -0.39 is 11.9 Å². The number of hydrogen-bond acceptors (Lipinski definition) is 5. The van der Waals surface area contributed by atoms with Crippen LogP contribution >= 0.6 is 27.7 Å². The fourth-order valence-electron chi connectivity index (χ4n) is 2.37. The number of urea groups is 1. The number of nitrogens with one attached hydrogen (secondary N) is 2. The minimum Gasteiger partial charge on any atom is -0.338 e. The maximum absolute atomic E-state index is 12.7. The van der Waals surface area contributed by atoms with Gasteiger partial charge in [-0.05, 0) is 37.5 Å². The van der Waals surface area contributed by atoms with Crippen LogP contribution in [-0.2, 0) is 11.3 Å². The summed E-state index contributed by atoms with van der Waals surface area (Å²) in [5.74, 6) is 0.0308. The number of aromatic nitrogens is 2. The molecule has 0 bridgehead atoms. The third-order valence-electron chi connectivity index (χ3n) is 3.79. The Morgan fingerprint density at radius 2 is 2.07 bits per heavy atom. The van der Waals surface area contributed by atoms with Crippen molar-refractivity contribution in [3.63, 3.8) is 0 Å². The van der Waals surface area contributed by atoms with Gasteiger partial charge in [0.1, 0.15) is 0 Å². The number of carbonyl (C=O) groups excluding carboxylic acids is 2. The zero-order chi connectivity index (χ0) is 20.0. The summed E-state index contributed by atoms with van der Waals surface area (Å²) in [6.45, 7) is 6.92. The van der Waals surface area contributed by atoms with E-state index in [4.69, 9.17) is 0 Å². The number of hydrogen-bond donors (Lipinski definition) is 2. The van der Waals surface area contributed by atoms with Crippen LogP contribution in [0.2, 0.25) is 0 Å². The van der Waals surface area contributed by atoms with Gasteiger partial charge < -0.3 is 5.32 Å². The number of imide groups is 1. The average molecular weight is 455 g/mol. The average Bonchev–Trinajstić information content (AvgIpc) is 2.60. The first-order valence-electron chi connectivity index (χ1n) is 8.72. The lowest BCUT2D eigenvalue weighted by Gasteiger charge is -2.11. The lowest BCUT2D eigenvalue weighted by molar-refractivity contribution is -0.117. The molecular formula is C18H23BrN4O3S. The fourth-order valence-corrected chi connectivity index (χ4v) is 3.60. The van der Waals surface area contributed by atoms with E-state index in [1.807, 2.05) is 13.0 Å². The minimum atomic E-state index is -0.509. The molecule has 0 unspecified atom stereocenters. The van der Waals surface area contributed by atoms with Crippen LogP contribution in [0.4, 0.5) is 4.79 Å². The van der Waals surface area contributed by atoms with Gasteiger partial charge in [-0.1, -0.05) is 41.5 Å². The lowest BCUT2D eigenvalue weighted by atomic mass is 10.1. The number of benzene rings is 1. The molecule has 9 heteroatoms. The number of amides is 3. The number of fused-ring (bicyclic) bond motifs is 1. The molecule has 3 amide bonds. The van der Waals surface area contributed by atoms with Crippen molar-refractivity contribution in [2.24, 2.45) is 5.92 Å². The second-order valence-corrected chi connectivity index (χ2v) is 8.24. The summed E-state index contributed by atoms with van der Waals surface area (Å²) in [7, 11) is 0. The third-order valence-corrected chi connectivity index (χ3v) is 5.26. The smallest absolute Gasteiger partial charge is 0.321 e. The molecule has 0 aliphatic carbocycles. The van der Waals surface area contributed by atoms with Crippen molar-refractivity contribution < 1.29 is 9.59 Å². The van der Waals surface area contributed by atoms with Crippen LogP contribution in [0.15, 0.2) is 32.6 Å². The zero-order valence-corrected chi connectivity index (χ0v) is 17.9.